The largest absolute Gasteiger partial charge is 0.508 e. The van der Waals surface area contributed by atoms with Crippen LogP contribution in [0.25, 0.3) is 11.0 Å². The van der Waals surface area contributed by atoms with Crippen molar-refractivity contribution >= 4 is 43.2 Å². The Hall–Kier alpha value is -3.48. The van der Waals surface area contributed by atoms with Gasteiger partial charge in [0.2, 0.25) is 0 Å². The van der Waals surface area contributed by atoms with Crippen LogP contribution < -0.4 is 4.18 Å². The van der Waals surface area contributed by atoms with Crippen LogP contribution in [0.15, 0.2) is 48.5 Å². The molecule has 0 saturated heterocycles. The van der Waals surface area contributed by atoms with Crippen molar-refractivity contribution in [1.82, 2.24) is 19.3 Å². The van der Waals surface area contributed by atoms with E-state index in [0.717, 1.165) is 63.6 Å². The normalized spacial score (nSPS) is 15.8. The quantitative estimate of drug-likeness (QED) is 0.112. The molecule has 12 heteroatoms. The van der Waals surface area contributed by atoms with E-state index in [1.807, 2.05) is 55.8 Å². The summed E-state index contributed by atoms with van der Waals surface area (Å²) in [5.74, 6) is -0.452. The molecule has 3 aromatic carbocycles. The molecule has 234 valence electrons. The lowest BCUT2D eigenvalue weighted by atomic mass is 9.83. The van der Waals surface area contributed by atoms with E-state index in [-0.39, 0.29) is 43.0 Å². The number of nitrogens with zero attached hydrogens (tertiary/aromatic N) is 4. The van der Waals surface area contributed by atoms with E-state index in [4.69, 9.17) is 8.92 Å². The Morgan fingerprint density at radius 1 is 1.11 bits per heavy atom. The number of aromatic nitrogens is 3. The minimum absolute atomic E-state index is 0.0329. The Labute approximate surface area is 266 Å². The third-order valence-electron chi connectivity index (χ3n) is 8.23. The summed E-state index contributed by atoms with van der Waals surface area (Å²) >= 11 is 3.48. The molecule has 44 heavy (non-hydrogen) atoms. The maximum absolute atomic E-state index is 13.2. The number of carbonyl (C=O) groups is 1. The van der Waals surface area contributed by atoms with Crippen LogP contribution in [0.1, 0.15) is 78.5 Å². The van der Waals surface area contributed by atoms with Crippen LogP contribution in [0.3, 0.4) is 0 Å². The van der Waals surface area contributed by atoms with Gasteiger partial charge in [-0.15, -0.1) is 5.10 Å². The number of phenols is 1. The summed E-state index contributed by atoms with van der Waals surface area (Å²) in [6, 6.07) is 13.7. The molecule has 1 N–H and O–H groups in total. The molecule has 10 nitrogen and oxygen atoms in total. The van der Waals surface area contributed by atoms with Crippen molar-refractivity contribution in [2.45, 2.75) is 72.0 Å². The zero-order valence-electron chi connectivity index (χ0n) is 25.3. The number of ether oxygens (including phenoxy) is 1. The summed E-state index contributed by atoms with van der Waals surface area (Å²) in [6.45, 7) is 8.60. The Balaban J connectivity index is 1.54. The molecule has 5 rings (SSSR count). The van der Waals surface area contributed by atoms with E-state index in [1.165, 1.54) is 22.5 Å². The van der Waals surface area contributed by atoms with E-state index in [9.17, 15) is 18.3 Å². The van der Waals surface area contributed by atoms with Gasteiger partial charge in [0, 0.05) is 29.9 Å². The van der Waals surface area contributed by atoms with Crippen LogP contribution in [0.4, 0.5) is 0 Å². The van der Waals surface area contributed by atoms with Gasteiger partial charge in [-0.2, -0.15) is 12.7 Å². The van der Waals surface area contributed by atoms with Gasteiger partial charge < -0.3 is 14.0 Å². The number of hydrogen-bond donors (Lipinski definition) is 1. The monoisotopic (exact) mass is 684 g/mol. The van der Waals surface area contributed by atoms with Gasteiger partial charge in [0.1, 0.15) is 17.0 Å². The molecule has 0 amide bonds. The number of benzene rings is 3. The highest BCUT2D eigenvalue weighted by Gasteiger charge is 2.37. The number of aryl methyl sites for hydroxylation is 3. The van der Waals surface area contributed by atoms with E-state index >= 15 is 0 Å². The first-order valence-corrected chi connectivity index (χ1v) is 17.2. The van der Waals surface area contributed by atoms with Crippen LogP contribution in [0.2, 0.25) is 0 Å². The average molecular weight is 686 g/mol. The van der Waals surface area contributed by atoms with Crippen LogP contribution in [0.5, 0.6) is 11.5 Å². The standard InChI is InChI=1S/C32H37BrN4O6S/c1-5-42-31(39)18-28(26-11-12-29-32(21(26)3)34-35-36(29)15-7-6-14-33)23-9-8-20(2)27(17-23)22(4)37-19-24-16-25(38)10-13-30(24)43-44(37,40)41/h8-13,16-17,22,28,38H,5-7,14-15,18-19H2,1-4H3/t22-,28?/m1/s1. The average Bonchev–Trinajstić information content (AvgIpc) is 3.40. The van der Waals surface area contributed by atoms with E-state index in [0.29, 0.717) is 5.56 Å². The second-order valence-electron chi connectivity index (χ2n) is 11.1. The summed E-state index contributed by atoms with van der Waals surface area (Å²) in [4.78, 5) is 12.9. The first kappa shape index (κ1) is 31.9. The van der Waals surface area contributed by atoms with Crippen molar-refractivity contribution in [2.24, 2.45) is 0 Å². The molecular formula is C32H37BrN4O6S. The van der Waals surface area contributed by atoms with Crippen LogP contribution >= 0.6 is 15.9 Å². The molecular weight excluding hydrogens is 648 g/mol. The number of phenolic OH excluding ortho intramolecular Hbond substituents is 1. The molecule has 2 atom stereocenters. The smallest absolute Gasteiger partial charge is 0.386 e. The van der Waals surface area contributed by atoms with Crippen molar-refractivity contribution in [3.8, 4) is 11.5 Å². The summed E-state index contributed by atoms with van der Waals surface area (Å²) in [7, 11) is -4.11. The number of esters is 1. The van der Waals surface area contributed by atoms with Crippen molar-refractivity contribution in [2.75, 3.05) is 11.9 Å². The minimum Gasteiger partial charge on any atom is -0.508 e. The fraction of sp³-hybridized carbons (Fsp3) is 0.406. The number of rotatable bonds is 11. The summed E-state index contributed by atoms with van der Waals surface area (Å²) in [5, 5.41) is 19.8. The lowest BCUT2D eigenvalue weighted by Gasteiger charge is -2.33. The van der Waals surface area contributed by atoms with Gasteiger partial charge in [0.25, 0.3) is 0 Å². The Bertz CT molecular complexity index is 1790. The highest BCUT2D eigenvalue weighted by Crippen LogP contribution is 2.39. The molecule has 0 fully saturated rings. The van der Waals surface area contributed by atoms with Crippen molar-refractivity contribution in [3.05, 3.63) is 81.9 Å². The molecule has 0 spiro atoms. The fourth-order valence-corrected chi connectivity index (χ4v) is 7.55. The molecule has 0 radical (unpaired) electrons. The topological polar surface area (TPSA) is 124 Å². The predicted octanol–water partition coefficient (Wildman–Crippen LogP) is 6.21. The lowest BCUT2D eigenvalue weighted by molar-refractivity contribution is -0.143. The summed E-state index contributed by atoms with van der Waals surface area (Å²) in [5.41, 5.74) is 6.69. The molecule has 1 aliphatic heterocycles. The lowest BCUT2D eigenvalue weighted by Crippen LogP contribution is -2.39. The number of carbonyl (C=O) groups excluding carboxylic acids is 1. The van der Waals surface area contributed by atoms with Gasteiger partial charge in [-0.3, -0.25) is 4.79 Å². The van der Waals surface area contributed by atoms with Gasteiger partial charge in [0.05, 0.1) is 24.6 Å². The van der Waals surface area contributed by atoms with E-state index < -0.39 is 16.3 Å². The number of aromatic hydroxyl groups is 1. The third-order valence-corrected chi connectivity index (χ3v) is 10.2. The number of halogens is 1. The maximum Gasteiger partial charge on any atom is 0.386 e. The Morgan fingerprint density at radius 3 is 2.66 bits per heavy atom. The number of hydrogen-bond acceptors (Lipinski definition) is 8. The summed E-state index contributed by atoms with van der Waals surface area (Å²) in [6.07, 6.45) is 2.12. The van der Waals surface area contributed by atoms with Crippen molar-refractivity contribution in [1.29, 1.82) is 0 Å². The van der Waals surface area contributed by atoms with Gasteiger partial charge in [-0.25, -0.2) is 4.68 Å². The Kier molecular flexibility index (Phi) is 9.62. The first-order chi connectivity index (χ1) is 21.0. The first-order valence-electron chi connectivity index (χ1n) is 14.7. The van der Waals surface area contributed by atoms with Crippen molar-refractivity contribution in [3.63, 3.8) is 0 Å². The third kappa shape index (κ3) is 6.47. The minimum atomic E-state index is -4.11. The molecule has 2 heterocycles. The van der Waals surface area contributed by atoms with E-state index in [1.54, 1.807) is 6.92 Å². The van der Waals surface area contributed by atoms with Gasteiger partial charge in [-0.1, -0.05) is 45.4 Å². The van der Waals surface area contributed by atoms with Crippen molar-refractivity contribution < 1.29 is 27.2 Å². The molecule has 1 aromatic heterocycles. The maximum atomic E-state index is 13.2. The highest BCUT2D eigenvalue weighted by molar-refractivity contribution is 9.09. The zero-order chi connectivity index (χ0) is 31.6. The number of fused-ring (bicyclic) bond motifs is 2. The molecule has 0 bridgehead atoms. The van der Waals surface area contributed by atoms with Crippen LogP contribution in [-0.4, -0.2) is 50.7 Å². The predicted molar refractivity (Wildman–Crippen MR) is 171 cm³/mol. The molecule has 1 aliphatic rings. The second kappa shape index (κ2) is 13.3. The van der Waals surface area contributed by atoms with Gasteiger partial charge in [0.15, 0.2) is 0 Å². The number of alkyl halides is 1. The Morgan fingerprint density at radius 2 is 1.91 bits per heavy atom. The van der Waals surface area contributed by atoms with E-state index in [2.05, 4.69) is 26.2 Å². The van der Waals surface area contributed by atoms with Crippen LogP contribution in [0, 0.1) is 13.8 Å². The van der Waals surface area contributed by atoms with Crippen LogP contribution in [-0.2, 0) is 32.9 Å². The zero-order valence-corrected chi connectivity index (χ0v) is 27.7. The number of unbranched alkanes of at least 4 members (excludes halogenated alkanes) is 1. The molecule has 4 aromatic rings. The SMILES string of the molecule is CCOC(=O)CC(c1ccc(C)c([C@@H](C)N2Cc3cc(O)ccc3OS2(=O)=O)c1)c1ccc2c(nnn2CCCCBr)c1C. The van der Waals surface area contributed by atoms with Gasteiger partial charge in [-0.05, 0) is 92.6 Å². The highest BCUT2D eigenvalue weighted by atomic mass is 79.9. The molecule has 0 saturated carbocycles. The molecule has 0 aliphatic carbocycles. The van der Waals surface area contributed by atoms with Gasteiger partial charge >= 0.3 is 16.3 Å². The second-order valence-corrected chi connectivity index (χ2v) is 13.4. The summed E-state index contributed by atoms with van der Waals surface area (Å²) < 4.78 is 40.4. The fourth-order valence-electron chi connectivity index (χ4n) is 5.87. The molecule has 1 unspecified atom stereocenters.